The fraction of sp³-hybridized carbons (Fsp3) is 0.435. The Bertz CT molecular complexity index is 1080. The van der Waals surface area contributed by atoms with E-state index >= 15 is 0 Å². The number of ether oxygens (including phenoxy) is 2. The van der Waals surface area contributed by atoms with Crippen LogP contribution in [-0.4, -0.2) is 63.2 Å². The summed E-state index contributed by atoms with van der Waals surface area (Å²) >= 11 is 7.00. The Balaban J connectivity index is 1.74. The number of carbonyl (C=O) groups excluding carboxylic acids is 3. The van der Waals surface area contributed by atoms with Gasteiger partial charge in [0.1, 0.15) is 12.6 Å². The van der Waals surface area contributed by atoms with Crippen LogP contribution < -0.4 is 25.6 Å². The molecule has 1 fully saturated rings. The molecule has 0 unspecified atom stereocenters. The summed E-state index contributed by atoms with van der Waals surface area (Å²) in [6, 6.07) is 6.52. The molecule has 0 spiro atoms. The van der Waals surface area contributed by atoms with Crippen LogP contribution in [-0.2, 0) is 14.3 Å². The molecular weight excluding hydrogens is 518 g/mol. The third-order valence-electron chi connectivity index (χ3n) is 5.07. The Morgan fingerprint density at radius 2 is 2.00 bits per heavy atom. The summed E-state index contributed by atoms with van der Waals surface area (Å²) in [4.78, 5) is 39.3. The minimum Gasteiger partial charge on any atom is -0.433 e. The van der Waals surface area contributed by atoms with Gasteiger partial charge in [-0.2, -0.15) is 8.78 Å². The summed E-state index contributed by atoms with van der Waals surface area (Å²) in [5.74, 6) is -1.28. The van der Waals surface area contributed by atoms with Crippen LogP contribution in [0.4, 0.5) is 20.2 Å². The van der Waals surface area contributed by atoms with Crippen LogP contribution in [0.25, 0.3) is 0 Å². The Morgan fingerprint density at radius 3 is 2.64 bits per heavy atom. The number of benzene rings is 1. The van der Waals surface area contributed by atoms with Gasteiger partial charge in [-0.15, -0.1) is 11.3 Å². The number of carbonyl (C=O) groups is 3. The van der Waals surface area contributed by atoms with Gasteiger partial charge in [0.25, 0.3) is 11.8 Å². The van der Waals surface area contributed by atoms with Crippen molar-refractivity contribution in [2.75, 3.05) is 43.1 Å². The highest BCUT2D eigenvalue weighted by Crippen LogP contribution is 2.33. The molecule has 196 valence electrons. The number of hydrogen-bond acceptors (Lipinski definition) is 7. The molecule has 2 aromatic rings. The van der Waals surface area contributed by atoms with E-state index in [1.54, 1.807) is 12.1 Å². The predicted octanol–water partition coefficient (Wildman–Crippen LogP) is 3.35. The van der Waals surface area contributed by atoms with Gasteiger partial charge in [-0.3, -0.25) is 14.4 Å². The lowest BCUT2D eigenvalue weighted by molar-refractivity contribution is -0.125. The normalized spacial score (nSPS) is 14.8. The lowest BCUT2D eigenvalue weighted by Gasteiger charge is -2.28. The zero-order valence-corrected chi connectivity index (χ0v) is 21.3. The number of nitrogens with zero attached hydrogens (tertiary/aromatic N) is 1. The van der Waals surface area contributed by atoms with Crippen molar-refractivity contribution in [2.45, 2.75) is 26.5 Å². The molecule has 0 aliphatic carbocycles. The van der Waals surface area contributed by atoms with Crippen molar-refractivity contribution < 1.29 is 32.6 Å². The predicted molar refractivity (Wildman–Crippen MR) is 133 cm³/mol. The van der Waals surface area contributed by atoms with Crippen molar-refractivity contribution in [3.63, 3.8) is 0 Å². The monoisotopic (exact) mass is 544 g/mol. The summed E-state index contributed by atoms with van der Waals surface area (Å²) in [6.07, 6.45) is 0. The van der Waals surface area contributed by atoms with Gasteiger partial charge in [0.2, 0.25) is 5.91 Å². The molecule has 1 aromatic heterocycles. The molecule has 36 heavy (non-hydrogen) atoms. The number of halogens is 3. The average molecular weight is 545 g/mol. The van der Waals surface area contributed by atoms with E-state index in [0.29, 0.717) is 15.8 Å². The standard InChI is InChI=1S/C23H27ClF2N4O5S/c1-13(2)10-27-15(11-28-22(33)18-5-6-19(24)36-18)21(32)29-14-3-4-16(17(9-14)35-23(25)26)30-7-8-34-12-20(30)31/h3-6,9,13,15,23,27H,7-8,10-12H2,1-2H3,(H,28,33)(H,29,32)/t15-/m1/s1. The minimum atomic E-state index is -3.13. The van der Waals surface area contributed by atoms with Crippen molar-refractivity contribution in [3.8, 4) is 5.75 Å². The highest BCUT2D eigenvalue weighted by Gasteiger charge is 2.26. The van der Waals surface area contributed by atoms with E-state index in [1.165, 1.54) is 23.1 Å². The largest absolute Gasteiger partial charge is 0.433 e. The first-order chi connectivity index (χ1) is 17.1. The van der Waals surface area contributed by atoms with E-state index in [9.17, 15) is 23.2 Å². The number of alkyl halides is 2. The molecule has 3 amide bonds. The fourth-order valence-corrected chi connectivity index (χ4v) is 4.32. The van der Waals surface area contributed by atoms with Crippen LogP contribution in [0.5, 0.6) is 5.75 Å². The number of rotatable bonds is 11. The highest BCUT2D eigenvalue weighted by atomic mass is 35.5. The van der Waals surface area contributed by atoms with E-state index in [1.807, 2.05) is 13.8 Å². The third kappa shape index (κ3) is 7.85. The SMILES string of the molecule is CC(C)CN[C@H](CNC(=O)c1ccc(Cl)s1)C(=O)Nc1ccc(N2CCOCC2=O)c(OC(F)F)c1. The van der Waals surface area contributed by atoms with Gasteiger partial charge < -0.3 is 30.3 Å². The highest BCUT2D eigenvalue weighted by molar-refractivity contribution is 7.18. The Labute approximate surface area is 216 Å². The molecule has 1 aliphatic rings. The van der Waals surface area contributed by atoms with Gasteiger partial charge in [-0.05, 0) is 36.7 Å². The van der Waals surface area contributed by atoms with Gasteiger partial charge in [0.15, 0.2) is 5.75 Å². The molecular formula is C23H27ClF2N4O5S. The van der Waals surface area contributed by atoms with Crippen molar-refractivity contribution in [1.29, 1.82) is 0 Å². The summed E-state index contributed by atoms with van der Waals surface area (Å²) in [5.41, 5.74) is 0.339. The second-order valence-electron chi connectivity index (χ2n) is 8.32. The topological polar surface area (TPSA) is 109 Å². The number of morpholine rings is 1. The summed E-state index contributed by atoms with van der Waals surface area (Å²) < 4.78 is 36.4. The Kier molecular flexibility index (Phi) is 9.99. The molecule has 9 nitrogen and oxygen atoms in total. The number of hydrogen-bond donors (Lipinski definition) is 3. The van der Waals surface area contributed by atoms with E-state index in [0.717, 1.165) is 11.3 Å². The first kappa shape index (κ1) is 27.8. The smallest absolute Gasteiger partial charge is 0.387 e. The maximum Gasteiger partial charge on any atom is 0.387 e. The molecule has 1 atom stereocenters. The van der Waals surface area contributed by atoms with Crippen molar-refractivity contribution in [3.05, 3.63) is 39.5 Å². The van der Waals surface area contributed by atoms with Crippen LogP contribution in [0.1, 0.15) is 23.5 Å². The molecule has 13 heteroatoms. The van der Waals surface area contributed by atoms with Gasteiger partial charge >= 0.3 is 6.61 Å². The van der Waals surface area contributed by atoms with Crippen molar-refractivity contribution in [1.82, 2.24) is 10.6 Å². The van der Waals surface area contributed by atoms with Gasteiger partial charge in [-0.1, -0.05) is 25.4 Å². The van der Waals surface area contributed by atoms with Gasteiger partial charge in [0, 0.05) is 24.8 Å². The Morgan fingerprint density at radius 1 is 1.22 bits per heavy atom. The zero-order valence-electron chi connectivity index (χ0n) is 19.7. The number of thiophene rings is 1. The molecule has 1 aliphatic heterocycles. The van der Waals surface area contributed by atoms with E-state index in [4.69, 9.17) is 16.3 Å². The second-order valence-corrected chi connectivity index (χ2v) is 10.0. The zero-order chi connectivity index (χ0) is 26.2. The third-order valence-corrected chi connectivity index (χ3v) is 6.30. The second kappa shape index (κ2) is 12.9. The van der Waals surface area contributed by atoms with Crippen molar-refractivity contribution in [2.24, 2.45) is 5.92 Å². The van der Waals surface area contributed by atoms with Gasteiger partial charge in [0.05, 0.1) is 21.5 Å². The van der Waals surface area contributed by atoms with E-state index in [2.05, 4.69) is 20.7 Å². The molecule has 0 bridgehead atoms. The van der Waals surface area contributed by atoms with Crippen LogP contribution >= 0.6 is 22.9 Å². The summed E-state index contributed by atoms with van der Waals surface area (Å²) in [7, 11) is 0. The van der Waals surface area contributed by atoms with Crippen LogP contribution in [0.15, 0.2) is 30.3 Å². The maximum absolute atomic E-state index is 13.1. The summed E-state index contributed by atoms with van der Waals surface area (Å²) in [5, 5.41) is 8.47. The lowest BCUT2D eigenvalue weighted by atomic mass is 10.1. The van der Waals surface area contributed by atoms with Crippen LogP contribution in [0.3, 0.4) is 0 Å². The molecule has 3 N–H and O–H groups in total. The van der Waals surface area contributed by atoms with Crippen molar-refractivity contribution >= 4 is 52.0 Å². The molecule has 0 saturated carbocycles. The lowest BCUT2D eigenvalue weighted by Crippen LogP contribution is -2.49. The van der Waals surface area contributed by atoms with E-state index in [-0.39, 0.29) is 55.3 Å². The molecule has 0 radical (unpaired) electrons. The molecule has 3 rings (SSSR count). The summed E-state index contributed by atoms with van der Waals surface area (Å²) in [6.45, 7) is 1.54. The van der Waals surface area contributed by atoms with Crippen LogP contribution in [0, 0.1) is 5.92 Å². The maximum atomic E-state index is 13.1. The number of nitrogens with one attached hydrogen (secondary N) is 3. The first-order valence-corrected chi connectivity index (χ1v) is 12.4. The number of anilines is 2. The van der Waals surface area contributed by atoms with Crippen LogP contribution in [0.2, 0.25) is 4.34 Å². The first-order valence-electron chi connectivity index (χ1n) is 11.2. The molecule has 1 aromatic carbocycles. The average Bonchev–Trinajstić information content (AvgIpc) is 3.25. The van der Waals surface area contributed by atoms with Gasteiger partial charge in [-0.25, -0.2) is 0 Å². The number of amides is 3. The molecule has 1 saturated heterocycles. The quantitative estimate of drug-likeness (QED) is 0.400. The van der Waals surface area contributed by atoms with E-state index < -0.39 is 24.5 Å². The fourth-order valence-electron chi connectivity index (χ4n) is 3.36. The molecule has 2 heterocycles. The minimum absolute atomic E-state index is 0.0202. The Hall–Kier alpha value is -2.80.